The van der Waals surface area contributed by atoms with Crippen LogP contribution in [0.5, 0.6) is 17.2 Å². The predicted octanol–water partition coefficient (Wildman–Crippen LogP) is 3.79. The Bertz CT molecular complexity index is 729. The van der Waals surface area contributed by atoms with Crippen molar-refractivity contribution in [3.8, 4) is 17.2 Å². The van der Waals surface area contributed by atoms with E-state index in [1.165, 1.54) is 5.56 Å². The molecular formula is C22H28N2O3. The Labute approximate surface area is 161 Å². The largest absolute Gasteiger partial charge is 0.497 e. The fourth-order valence-corrected chi connectivity index (χ4v) is 3.09. The highest BCUT2D eigenvalue weighted by Gasteiger charge is 2.22. The average molecular weight is 368 g/mol. The van der Waals surface area contributed by atoms with Gasteiger partial charge in [-0.1, -0.05) is 38.1 Å². The third kappa shape index (κ3) is 5.47. The van der Waals surface area contributed by atoms with Crippen molar-refractivity contribution in [1.29, 1.82) is 0 Å². The second-order valence-electron chi connectivity index (χ2n) is 7.15. The Kier molecular flexibility index (Phi) is 6.35. The molecule has 0 spiro atoms. The van der Waals surface area contributed by atoms with Gasteiger partial charge in [0.15, 0.2) is 11.5 Å². The summed E-state index contributed by atoms with van der Waals surface area (Å²) < 4.78 is 10.1. The van der Waals surface area contributed by atoms with Gasteiger partial charge in [-0.25, -0.2) is 0 Å². The molecule has 2 aromatic rings. The smallest absolute Gasteiger partial charge is 0.225 e. The highest BCUT2D eigenvalue weighted by molar-refractivity contribution is 5.78. The molecule has 0 N–H and O–H groups in total. The molecule has 4 rings (SSSR count). The first-order chi connectivity index (χ1) is 13.1. The average Bonchev–Trinajstić information content (AvgIpc) is 3.49. The highest BCUT2D eigenvalue weighted by Crippen LogP contribution is 2.43. The monoisotopic (exact) mass is 368 g/mol. The quantitative estimate of drug-likeness (QED) is 0.658. The van der Waals surface area contributed by atoms with Gasteiger partial charge in [-0.15, -0.1) is 0 Å². The number of benzene rings is 2. The van der Waals surface area contributed by atoms with Crippen LogP contribution in [0.2, 0.25) is 0 Å². The Morgan fingerprint density at radius 3 is 2.07 bits per heavy atom. The molecule has 1 amide bonds. The summed E-state index contributed by atoms with van der Waals surface area (Å²) in [6, 6.07) is 16.0. The maximum absolute atomic E-state index is 11.9. The Balaban J connectivity index is 0.000000246. The van der Waals surface area contributed by atoms with Gasteiger partial charge in [-0.3, -0.25) is 9.69 Å². The van der Waals surface area contributed by atoms with Crippen molar-refractivity contribution in [2.24, 2.45) is 5.92 Å². The third-order valence-electron chi connectivity index (χ3n) is 4.77. The second-order valence-corrected chi connectivity index (χ2v) is 7.15. The van der Waals surface area contributed by atoms with E-state index in [0.29, 0.717) is 0 Å². The number of carbonyl (C=O) groups excluding carboxylic acids is 1. The summed E-state index contributed by atoms with van der Waals surface area (Å²) in [5, 5.41) is 0. The first kappa shape index (κ1) is 19.2. The van der Waals surface area contributed by atoms with Gasteiger partial charge in [0.25, 0.3) is 0 Å². The van der Waals surface area contributed by atoms with E-state index in [9.17, 15) is 4.79 Å². The van der Waals surface area contributed by atoms with E-state index in [0.717, 1.165) is 50.0 Å². The van der Waals surface area contributed by atoms with E-state index in [2.05, 4.69) is 17.0 Å². The summed E-state index contributed by atoms with van der Waals surface area (Å²) in [5.74, 6) is 3.32. The SMILES string of the molecule is COc1ccc(CN2CCN(C(=O)C(C)C)CC2)cc1.c1ccc2c(c1)O2. The zero-order chi connectivity index (χ0) is 19.2. The van der Waals surface area contributed by atoms with Crippen LogP contribution in [0.4, 0.5) is 0 Å². The minimum absolute atomic E-state index is 0.100. The molecule has 2 heterocycles. The summed E-state index contributed by atoms with van der Waals surface area (Å²) in [5.41, 5.74) is 1.29. The Morgan fingerprint density at radius 2 is 1.59 bits per heavy atom. The van der Waals surface area contributed by atoms with Crippen LogP contribution in [0.3, 0.4) is 0 Å². The predicted molar refractivity (Wildman–Crippen MR) is 106 cm³/mol. The second kappa shape index (κ2) is 8.91. The molecule has 0 aromatic heterocycles. The summed E-state index contributed by atoms with van der Waals surface area (Å²) in [6.07, 6.45) is 0. The summed E-state index contributed by atoms with van der Waals surface area (Å²) in [7, 11) is 1.68. The number of nitrogens with zero attached hydrogens (tertiary/aromatic N) is 2. The van der Waals surface area contributed by atoms with Crippen LogP contribution in [0.15, 0.2) is 48.5 Å². The molecule has 27 heavy (non-hydrogen) atoms. The molecule has 0 radical (unpaired) electrons. The minimum Gasteiger partial charge on any atom is -0.497 e. The lowest BCUT2D eigenvalue weighted by molar-refractivity contribution is -0.136. The van der Waals surface area contributed by atoms with Crippen molar-refractivity contribution in [3.05, 3.63) is 54.1 Å². The Morgan fingerprint density at radius 1 is 1.00 bits per heavy atom. The van der Waals surface area contributed by atoms with Crippen LogP contribution in [0.25, 0.3) is 0 Å². The van der Waals surface area contributed by atoms with Crippen LogP contribution < -0.4 is 9.47 Å². The Hall–Kier alpha value is -2.53. The van der Waals surface area contributed by atoms with Crippen molar-refractivity contribution in [2.45, 2.75) is 20.4 Å². The van der Waals surface area contributed by atoms with E-state index in [1.54, 1.807) is 7.11 Å². The molecule has 0 atom stereocenters. The number of hydrogen-bond donors (Lipinski definition) is 0. The summed E-state index contributed by atoms with van der Waals surface area (Å²) in [6.45, 7) is 8.45. The van der Waals surface area contributed by atoms with Gasteiger partial charge < -0.3 is 14.4 Å². The number of methoxy groups -OCH3 is 1. The maximum atomic E-state index is 11.9. The van der Waals surface area contributed by atoms with E-state index in [4.69, 9.17) is 9.47 Å². The highest BCUT2D eigenvalue weighted by atomic mass is 16.6. The van der Waals surface area contributed by atoms with Crippen molar-refractivity contribution < 1.29 is 14.3 Å². The van der Waals surface area contributed by atoms with Crippen molar-refractivity contribution in [3.63, 3.8) is 0 Å². The third-order valence-corrected chi connectivity index (χ3v) is 4.77. The van der Waals surface area contributed by atoms with E-state index < -0.39 is 0 Å². The van der Waals surface area contributed by atoms with E-state index >= 15 is 0 Å². The molecule has 1 saturated heterocycles. The molecule has 5 nitrogen and oxygen atoms in total. The molecule has 2 aromatic carbocycles. The number of rotatable bonds is 4. The topological polar surface area (TPSA) is 45.3 Å². The van der Waals surface area contributed by atoms with Crippen molar-refractivity contribution in [2.75, 3.05) is 33.3 Å². The van der Waals surface area contributed by atoms with Crippen LogP contribution in [-0.2, 0) is 11.3 Å². The molecule has 2 aliphatic heterocycles. The number of hydrogen-bond acceptors (Lipinski definition) is 4. The number of piperazine rings is 1. The maximum Gasteiger partial charge on any atom is 0.225 e. The van der Waals surface area contributed by atoms with E-state index in [1.807, 2.05) is 55.1 Å². The lowest BCUT2D eigenvalue weighted by atomic mass is 10.1. The molecular weight excluding hydrogens is 340 g/mol. The van der Waals surface area contributed by atoms with Gasteiger partial charge in [-0.05, 0) is 29.8 Å². The van der Waals surface area contributed by atoms with Gasteiger partial charge >= 0.3 is 0 Å². The number of ether oxygens (including phenoxy) is 2. The summed E-state index contributed by atoms with van der Waals surface area (Å²) >= 11 is 0. The van der Waals surface area contributed by atoms with Crippen LogP contribution in [0.1, 0.15) is 19.4 Å². The van der Waals surface area contributed by atoms with E-state index in [-0.39, 0.29) is 11.8 Å². The molecule has 5 heteroatoms. The number of amides is 1. The lowest BCUT2D eigenvalue weighted by Gasteiger charge is -2.35. The fourth-order valence-electron chi connectivity index (χ4n) is 3.09. The molecule has 144 valence electrons. The standard InChI is InChI=1S/C16H24N2O2.C6H4O/c1-13(2)16(19)18-10-8-17(9-11-18)12-14-4-6-15(20-3)7-5-14;1-2-4-6-5(3-1)7-6/h4-7,13H,8-12H2,1-3H3;1-4H. The number of para-hydroxylation sites is 2. The first-order valence-electron chi connectivity index (χ1n) is 9.48. The number of carbonyl (C=O) groups is 1. The zero-order valence-electron chi connectivity index (χ0n) is 16.4. The molecule has 0 bridgehead atoms. The van der Waals surface area contributed by atoms with Gasteiger partial charge in [0.1, 0.15) is 5.75 Å². The van der Waals surface area contributed by atoms with Crippen molar-refractivity contribution >= 4 is 5.91 Å². The minimum atomic E-state index is 0.100. The normalized spacial score (nSPS) is 15.3. The van der Waals surface area contributed by atoms with Crippen LogP contribution in [-0.4, -0.2) is 49.0 Å². The van der Waals surface area contributed by atoms with Gasteiger partial charge in [0, 0.05) is 38.6 Å². The van der Waals surface area contributed by atoms with Crippen LogP contribution in [0, 0.1) is 5.92 Å². The first-order valence-corrected chi connectivity index (χ1v) is 9.48. The molecule has 2 aliphatic rings. The van der Waals surface area contributed by atoms with Crippen LogP contribution >= 0.6 is 0 Å². The lowest BCUT2D eigenvalue weighted by Crippen LogP contribution is -2.49. The molecule has 0 unspecified atom stereocenters. The molecule has 0 saturated carbocycles. The summed E-state index contributed by atoms with van der Waals surface area (Å²) in [4.78, 5) is 16.3. The molecule has 0 aliphatic carbocycles. The van der Waals surface area contributed by atoms with Crippen molar-refractivity contribution in [1.82, 2.24) is 9.80 Å². The van der Waals surface area contributed by atoms with Gasteiger partial charge in [0.05, 0.1) is 7.11 Å². The zero-order valence-corrected chi connectivity index (χ0v) is 16.4. The van der Waals surface area contributed by atoms with Gasteiger partial charge in [-0.2, -0.15) is 0 Å². The molecule has 1 fully saturated rings. The fraction of sp³-hybridized carbons (Fsp3) is 0.409. The number of fused-ring (bicyclic) bond motifs is 1. The van der Waals surface area contributed by atoms with Gasteiger partial charge in [0.2, 0.25) is 5.91 Å².